The summed E-state index contributed by atoms with van der Waals surface area (Å²) >= 11 is 0. The molecule has 2 aliphatic heterocycles. The molecule has 10 heteroatoms. The normalized spacial score (nSPS) is 17.2. The van der Waals surface area contributed by atoms with Crippen molar-refractivity contribution in [3.8, 4) is 34.4 Å². The van der Waals surface area contributed by atoms with E-state index in [1.54, 1.807) is 0 Å². The molecule has 306 valence electrons. The fraction of sp³-hybridized carbons (Fsp3) is 0. The van der Waals surface area contributed by atoms with Gasteiger partial charge >= 0.3 is 0 Å². The quantitative estimate of drug-likeness (QED) is 0.129. The first-order valence-electron chi connectivity index (χ1n) is 20.9. The van der Waals surface area contributed by atoms with Crippen LogP contribution < -0.4 is 41.3 Å². The van der Waals surface area contributed by atoms with E-state index in [4.69, 9.17) is 18.3 Å². The van der Waals surface area contributed by atoms with Gasteiger partial charge in [0, 0.05) is 34.9 Å². The summed E-state index contributed by atoms with van der Waals surface area (Å²) < 4.78 is 61.9. The van der Waals surface area contributed by atoms with Crippen LogP contribution in [0.25, 0.3) is 55.8 Å². The number of rotatable bonds is 4. The predicted molar refractivity (Wildman–Crippen MR) is 256 cm³/mol. The average molecular weight is 869 g/mol. The molecule has 64 heavy (non-hydrogen) atoms. The van der Waals surface area contributed by atoms with Gasteiger partial charge in [-0.25, -0.2) is 0 Å². The first-order valence-corrected chi connectivity index (χ1v) is 24.4. The summed E-state index contributed by atoms with van der Waals surface area (Å²) in [4.78, 5) is 0. The van der Waals surface area contributed by atoms with Crippen LogP contribution in [0.4, 0.5) is 0 Å². The highest BCUT2D eigenvalue weighted by molar-refractivity contribution is 7.86. The molecule has 11 aromatic rings. The molecule has 0 saturated carbocycles. The number of benzene rings is 9. The van der Waals surface area contributed by atoms with Crippen molar-refractivity contribution in [2.75, 3.05) is 0 Å². The minimum absolute atomic E-state index is 0.525. The summed E-state index contributed by atoms with van der Waals surface area (Å²) in [5.41, 5.74) is 7.23. The zero-order valence-electron chi connectivity index (χ0n) is 33.9. The van der Waals surface area contributed by atoms with Crippen molar-refractivity contribution >= 4 is 90.5 Å². The highest BCUT2D eigenvalue weighted by atomic mass is 31.2. The van der Waals surface area contributed by atoms with Crippen molar-refractivity contribution in [2.45, 2.75) is 0 Å². The van der Waals surface area contributed by atoms with Crippen molar-refractivity contribution in [2.24, 2.45) is 0 Å². The van der Waals surface area contributed by atoms with E-state index in [1.165, 1.54) is 0 Å². The molecule has 2 atom stereocenters. The molecule has 13 rings (SSSR count). The molecule has 0 bridgehead atoms. The van der Waals surface area contributed by atoms with Gasteiger partial charge in [-0.15, -0.1) is 0 Å². The third-order valence-electron chi connectivity index (χ3n) is 12.3. The summed E-state index contributed by atoms with van der Waals surface area (Å²) in [7, 11) is -6.57. The summed E-state index contributed by atoms with van der Waals surface area (Å²) in [6.45, 7) is 0. The minimum atomic E-state index is -3.29. The van der Waals surface area contributed by atoms with E-state index >= 15 is 9.13 Å². The van der Waals surface area contributed by atoms with E-state index in [0.717, 1.165) is 44.1 Å². The standard InChI is InChI=1S/C54H34N2O6P2/c57-63(37-15-3-1-4-16-37)51-25-13-11-23-45(51)61-49-31-35(27-29-53(49)63)55-39-19-7-9-21-43(39)59-47-34-42-48(33-41(47)55)60-44-22-10-8-20-40(44)56(42)36-28-30-54-50(32-36)62-46-24-12-14-26-52(46)64(54,58)38-17-5-2-6-18-38/h1-34H. The van der Waals surface area contributed by atoms with Gasteiger partial charge in [-0.2, -0.15) is 0 Å². The SMILES string of the molecule is O=P1(c2ccccc2)c2ccccc2Oc2cc(-n3c4ccccc4oc4cc5c(cc43)oc3ccccc3n5-c3ccc4c(c3)Oc3ccccc3P4(=O)c3ccccc3)ccc21. The maximum atomic E-state index is 15.4. The third kappa shape index (κ3) is 5.30. The van der Waals surface area contributed by atoms with Crippen molar-refractivity contribution < 1.29 is 27.4 Å². The molecule has 0 N–H and O–H groups in total. The Morgan fingerprint density at radius 3 is 1.14 bits per heavy atom. The van der Waals surface area contributed by atoms with Crippen LogP contribution in [0.15, 0.2) is 215 Å². The second-order valence-corrected chi connectivity index (χ2v) is 21.3. The first-order chi connectivity index (χ1) is 31.5. The molecule has 0 aliphatic carbocycles. The lowest BCUT2D eigenvalue weighted by Gasteiger charge is -2.29. The smallest absolute Gasteiger partial charge is 0.178 e. The largest absolute Gasteiger partial charge is 0.456 e. The predicted octanol–water partition coefficient (Wildman–Crippen LogP) is 11.7. The van der Waals surface area contributed by atoms with Crippen molar-refractivity contribution in [3.05, 3.63) is 206 Å². The van der Waals surface area contributed by atoms with Gasteiger partial charge in [-0.3, -0.25) is 0 Å². The number of nitrogens with zero attached hydrogens (tertiary/aromatic N) is 2. The fourth-order valence-corrected chi connectivity index (χ4v) is 15.1. The van der Waals surface area contributed by atoms with Gasteiger partial charge in [0.25, 0.3) is 0 Å². The van der Waals surface area contributed by atoms with Gasteiger partial charge in [0.15, 0.2) is 36.6 Å². The lowest BCUT2D eigenvalue weighted by Crippen LogP contribution is -2.30. The van der Waals surface area contributed by atoms with E-state index in [1.807, 2.05) is 206 Å². The molecule has 2 aliphatic rings. The minimum Gasteiger partial charge on any atom is -0.456 e. The number of aromatic nitrogens is 2. The first kappa shape index (κ1) is 36.9. The number of hydrogen-bond donors (Lipinski definition) is 0. The Labute approximate surface area is 366 Å². The zero-order valence-corrected chi connectivity index (χ0v) is 35.7. The number of hydrogen-bond acceptors (Lipinski definition) is 6. The summed E-state index contributed by atoms with van der Waals surface area (Å²) in [6, 6.07) is 66.1. The van der Waals surface area contributed by atoms with Crippen molar-refractivity contribution in [1.29, 1.82) is 0 Å². The second kappa shape index (κ2) is 13.9. The Balaban J connectivity index is 1.03. The molecule has 0 fully saturated rings. The molecular formula is C54H34N2O6P2. The molecule has 2 aromatic heterocycles. The van der Waals surface area contributed by atoms with Crippen LogP contribution in [0.3, 0.4) is 0 Å². The number of para-hydroxylation sites is 6. The molecule has 8 nitrogen and oxygen atoms in total. The van der Waals surface area contributed by atoms with Crippen LogP contribution in [0.2, 0.25) is 0 Å². The molecule has 2 unspecified atom stereocenters. The monoisotopic (exact) mass is 868 g/mol. The van der Waals surface area contributed by atoms with E-state index < -0.39 is 14.3 Å². The fourth-order valence-electron chi connectivity index (χ4n) is 9.46. The second-order valence-electron chi connectivity index (χ2n) is 15.9. The van der Waals surface area contributed by atoms with Crippen LogP contribution in [-0.2, 0) is 9.13 Å². The average Bonchev–Trinajstić information content (AvgIpc) is 3.34. The van der Waals surface area contributed by atoms with Gasteiger partial charge in [-0.1, -0.05) is 109 Å². The summed E-state index contributed by atoms with van der Waals surface area (Å²) in [5, 5.41) is 4.13. The maximum absolute atomic E-state index is 15.4. The summed E-state index contributed by atoms with van der Waals surface area (Å²) in [6.07, 6.45) is 0. The Bertz CT molecular complexity index is 3630. The molecule has 9 aromatic carbocycles. The zero-order chi connectivity index (χ0) is 42.6. The van der Waals surface area contributed by atoms with Crippen molar-refractivity contribution in [1.82, 2.24) is 9.13 Å². The van der Waals surface area contributed by atoms with Crippen LogP contribution in [0.1, 0.15) is 0 Å². The van der Waals surface area contributed by atoms with Gasteiger partial charge in [0.2, 0.25) is 0 Å². The summed E-state index contributed by atoms with van der Waals surface area (Å²) in [5.74, 6) is 2.19. The molecule has 0 spiro atoms. The van der Waals surface area contributed by atoms with E-state index in [2.05, 4.69) is 9.13 Å². The highest BCUT2D eigenvalue weighted by Crippen LogP contribution is 2.53. The molecular weight excluding hydrogens is 835 g/mol. The van der Waals surface area contributed by atoms with E-state index in [0.29, 0.717) is 66.5 Å². The Hall–Kier alpha value is -7.76. The van der Waals surface area contributed by atoms with Crippen LogP contribution >= 0.6 is 14.3 Å². The van der Waals surface area contributed by atoms with Gasteiger partial charge in [-0.05, 0) is 72.8 Å². The van der Waals surface area contributed by atoms with Crippen LogP contribution in [-0.4, -0.2) is 9.13 Å². The highest BCUT2D eigenvalue weighted by Gasteiger charge is 2.40. The Morgan fingerprint density at radius 2 is 0.688 bits per heavy atom. The molecule has 0 radical (unpaired) electrons. The van der Waals surface area contributed by atoms with E-state index in [9.17, 15) is 0 Å². The topological polar surface area (TPSA) is 88.7 Å². The van der Waals surface area contributed by atoms with Crippen molar-refractivity contribution in [3.63, 3.8) is 0 Å². The molecule has 0 amide bonds. The lowest BCUT2D eigenvalue weighted by atomic mass is 10.2. The maximum Gasteiger partial charge on any atom is 0.178 e. The molecule has 0 saturated heterocycles. The van der Waals surface area contributed by atoms with Crippen LogP contribution in [0.5, 0.6) is 23.0 Å². The van der Waals surface area contributed by atoms with Crippen LogP contribution in [0, 0.1) is 0 Å². The third-order valence-corrected chi connectivity index (χ3v) is 18.6. The Kier molecular flexibility index (Phi) is 7.99. The van der Waals surface area contributed by atoms with Gasteiger partial charge < -0.3 is 36.6 Å². The Morgan fingerprint density at radius 1 is 0.312 bits per heavy atom. The molecule has 4 heterocycles. The lowest BCUT2D eigenvalue weighted by molar-refractivity contribution is 0.484. The van der Waals surface area contributed by atoms with Gasteiger partial charge in [0.1, 0.15) is 23.0 Å². The van der Waals surface area contributed by atoms with Gasteiger partial charge in [0.05, 0.1) is 54.7 Å². The number of ether oxygens (including phenoxy) is 2. The number of fused-ring (bicyclic) bond motifs is 8. The van der Waals surface area contributed by atoms with E-state index in [-0.39, 0.29) is 0 Å².